The Kier molecular flexibility index (Phi) is 6.58. The van der Waals surface area contributed by atoms with Crippen molar-refractivity contribution in [3.8, 4) is 0 Å². The Bertz CT molecular complexity index is 1420. The van der Waals surface area contributed by atoms with Gasteiger partial charge in [0, 0.05) is 38.3 Å². The molecule has 2 unspecified atom stereocenters. The molecule has 12 heteroatoms. The Hall–Kier alpha value is -3.12. The molecule has 1 aliphatic carbocycles. The second-order valence-corrected chi connectivity index (χ2v) is 12.8. The molecule has 4 aliphatic heterocycles. The number of halogens is 3. The molecule has 42 heavy (non-hydrogen) atoms. The zero-order valence-electron chi connectivity index (χ0n) is 24.0. The maximum Gasteiger partial charge on any atom is 0.252 e. The van der Waals surface area contributed by atoms with Crippen LogP contribution in [0.1, 0.15) is 92.5 Å². The standard InChI is InChI=1S/C30H36F3N7O2/c1-18-25(36-22(17-35-18)24-6-13-37-10-3-7-29(2,26(32)33)27(41)40(24)37)21-4-11-38-12-5-23(19-14-20(31)16-34-15-19)39(38)28(42)30(21)8-9-30/h14-17,21,23-24,26H,3-13H2,1-2H3/t21?,23-,24-,29?/m1/s1. The first-order valence-electron chi connectivity index (χ1n) is 15.0. The molecule has 5 aliphatic rings. The van der Waals surface area contributed by atoms with Gasteiger partial charge >= 0.3 is 0 Å². The van der Waals surface area contributed by atoms with E-state index in [1.165, 1.54) is 24.2 Å². The molecular weight excluding hydrogens is 547 g/mol. The lowest BCUT2D eigenvalue weighted by Crippen LogP contribution is -2.49. The third-order valence-corrected chi connectivity index (χ3v) is 10.4. The fourth-order valence-electron chi connectivity index (χ4n) is 7.76. The van der Waals surface area contributed by atoms with E-state index in [0.717, 1.165) is 24.2 Å². The zero-order chi connectivity index (χ0) is 29.4. The summed E-state index contributed by atoms with van der Waals surface area (Å²) in [6.45, 7) is 5.74. The van der Waals surface area contributed by atoms with Crippen LogP contribution in [-0.2, 0) is 9.59 Å². The summed E-state index contributed by atoms with van der Waals surface area (Å²) in [7, 11) is 0. The van der Waals surface area contributed by atoms with Crippen LogP contribution in [0.2, 0.25) is 0 Å². The van der Waals surface area contributed by atoms with Crippen LogP contribution >= 0.6 is 0 Å². The molecule has 0 radical (unpaired) electrons. The number of fused-ring (bicyclic) bond motifs is 2. The summed E-state index contributed by atoms with van der Waals surface area (Å²) in [5.41, 5.74) is 0.411. The molecule has 2 aromatic rings. The van der Waals surface area contributed by atoms with Crippen LogP contribution in [0.5, 0.6) is 0 Å². The van der Waals surface area contributed by atoms with Gasteiger partial charge < -0.3 is 0 Å². The summed E-state index contributed by atoms with van der Waals surface area (Å²) in [4.78, 5) is 41.7. The lowest BCUT2D eigenvalue weighted by atomic mass is 9.81. The Morgan fingerprint density at radius 2 is 1.60 bits per heavy atom. The molecule has 9 nitrogen and oxygen atoms in total. The van der Waals surface area contributed by atoms with E-state index in [0.29, 0.717) is 63.1 Å². The van der Waals surface area contributed by atoms with E-state index in [-0.39, 0.29) is 24.3 Å². The van der Waals surface area contributed by atoms with Gasteiger partial charge in [-0.05, 0) is 70.4 Å². The van der Waals surface area contributed by atoms with Gasteiger partial charge in [0.1, 0.15) is 11.2 Å². The van der Waals surface area contributed by atoms with Crippen molar-refractivity contribution in [1.82, 2.24) is 35.0 Å². The highest BCUT2D eigenvalue weighted by molar-refractivity contribution is 5.87. The number of hydrogen-bond acceptors (Lipinski definition) is 7. The maximum absolute atomic E-state index is 14.3. The van der Waals surface area contributed by atoms with Crippen molar-refractivity contribution in [3.05, 3.63) is 53.1 Å². The highest BCUT2D eigenvalue weighted by atomic mass is 19.3. The molecule has 6 heterocycles. The van der Waals surface area contributed by atoms with Crippen molar-refractivity contribution >= 4 is 11.8 Å². The van der Waals surface area contributed by atoms with Crippen LogP contribution in [0.15, 0.2) is 24.7 Å². The van der Waals surface area contributed by atoms with Gasteiger partial charge in [-0.15, -0.1) is 0 Å². The van der Waals surface area contributed by atoms with E-state index >= 15 is 0 Å². The molecule has 2 amide bonds. The predicted molar refractivity (Wildman–Crippen MR) is 145 cm³/mol. The summed E-state index contributed by atoms with van der Waals surface area (Å²) < 4.78 is 42.3. The summed E-state index contributed by atoms with van der Waals surface area (Å²) >= 11 is 0. The fourth-order valence-corrected chi connectivity index (χ4v) is 7.76. The van der Waals surface area contributed by atoms with Gasteiger partial charge in [0.2, 0.25) is 11.8 Å². The molecule has 4 saturated heterocycles. The van der Waals surface area contributed by atoms with Gasteiger partial charge in [-0.1, -0.05) is 0 Å². The Morgan fingerprint density at radius 1 is 0.905 bits per heavy atom. The van der Waals surface area contributed by atoms with E-state index in [4.69, 9.17) is 9.97 Å². The van der Waals surface area contributed by atoms with Gasteiger partial charge in [-0.3, -0.25) is 34.6 Å². The summed E-state index contributed by atoms with van der Waals surface area (Å²) in [5, 5.41) is 7.34. The van der Waals surface area contributed by atoms with Gasteiger partial charge in [-0.25, -0.2) is 23.2 Å². The van der Waals surface area contributed by atoms with Gasteiger partial charge in [0.05, 0.1) is 47.0 Å². The van der Waals surface area contributed by atoms with Crippen LogP contribution < -0.4 is 0 Å². The van der Waals surface area contributed by atoms with Crippen LogP contribution in [0.25, 0.3) is 0 Å². The van der Waals surface area contributed by atoms with Crippen LogP contribution in [-0.4, -0.2) is 79.4 Å². The number of carbonyl (C=O) groups is 2. The molecule has 0 N–H and O–H groups in total. The van der Waals surface area contributed by atoms with Crippen molar-refractivity contribution in [2.24, 2.45) is 10.8 Å². The molecule has 5 fully saturated rings. The number of aryl methyl sites for hydroxylation is 1. The molecule has 1 saturated carbocycles. The SMILES string of the molecule is Cc1ncc([C@H]2CCN3CCCC(C)(C(F)F)C(=O)N23)nc1C1CCN2CC[C@H](c3cncc(F)c3)N2C(=O)C12CC2. The normalized spacial score (nSPS) is 31.4. The van der Waals surface area contributed by atoms with E-state index in [9.17, 15) is 22.8 Å². The third-order valence-electron chi connectivity index (χ3n) is 10.4. The van der Waals surface area contributed by atoms with Gasteiger partial charge in [0.15, 0.2) is 0 Å². The number of nitrogens with zero attached hydrogens (tertiary/aromatic N) is 7. The smallest absolute Gasteiger partial charge is 0.252 e. The average Bonchev–Trinajstić information content (AvgIpc) is 3.55. The third kappa shape index (κ3) is 4.16. The first kappa shape index (κ1) is 27.7. The van der Waals surface area contributed by atoms with Crippen molar-refractivity contribution in [1.29, 1.82) is 0 Å². The molecule has 1 spiro atoms. The minimum absolute atomic E-state index is 0.0331. The minimum atomic E-state index is -2.76. The predicted octanol–water partition coefficient (Wildman–Crippen LogP) is 4.33. The van der Waals surface area contributed by atoms with E-state index in [2.05, 4.69) is 9.99 Å². The highest BCUT2D eigenvalue weighted by Crippen LogP contribution is 2.61. The monoisotopic (exact) mass is 583 g/mol. The summed E-state index contributed by atoms with van der Waals surface area (Å²) in [6.07, 6.45) is 5.85. The molecule has 4 atom stereocenters. The number of hydrazine groups is 2. The molecule has 0 bridgehead atoms. The number of hydrogen-bond donors (Lipinski definition) is 0. The van der Waals surface area contributed by atoms with E-state index in [1.54, 1.807) is 12.4 Å². The second-order valence-electron chi connectivity index (χ2n) is 12.8. The first-order valence-corrected chi connectivity index (χ1v) is 15.0. The first-order chi connectivity index (χ1) is 20.1. The number of amides is 2. The highest BCUT2D eigenvalue weighted by Gasteiger charge is 2.62. The Balaban J connectivity index is 1.21. The number of carbonyl (C=O) groups excluding carboxylic acids is 2. The second kappa shape index (κ2) is 9.97. The Labute approximate surface area is 243 Å². The lowest BCUT2D eigenvalue weighted by molar-refractivity contribution is -0.164. The van der Waals surface area contributed by atoms with E-state index < -0.39 is 35.0 Å². The molecule has 7 rings (SSSR count). The lowest BCUT2D eigenvalue weighted by Gasteiger charge is -2.36. The average molecular weight is 584 g/mol. The number of aromatic nitrogens is 3. The molecule has 224 valence electrons. The van der Waals surface area contributed by atoms with Gasteiger partial charge in [-0.2, -0.15) is 0 Å². The number of alkyl halides is 2. The topological polar surface area (TPSA) is 85.8 Å². The number of rotatable bonds is 4. The zero-order valence-corrected chi connectivity index (χ0v) is 24.0. The van der Waals surface area contributed by atoms with Gasteiger partial charge in [0.25, 0.3) is 6.43 Å². The van der Waals surface area contributed by atoms with Crippen LogP contribution in [0, 0.1) is 23.6 Å². The molecule has 0 aromatic carbocycles. The minimum Gasteiger partial charge on any atom is -0.273 e. The summed E-state index contributed by atoms with van der Waals surface area (Å²) in [5.74, 6) is -1.11. The fraction of sp³-hybridized carbons (Fsp3) is 0.633. The van der Waals surface area contributed by atoms with Crippen molar-refractivity contribution in [2.45, 2.75) is 83.2 Å². The van der Waals surface area contributed by atoms with Crippen LogP contribution in [0.3, 0.4) is 0 Å². The quantitative estimate of drug-likeness (QED) is 0.530. The largest absolute Gasteiger partial charge is 0.273 e. The van der Waals surface area contributed by atoms with Crippen molar-refractivity contribution < 1.29 is 22.8 Å². The maximum atomic E-state index is 14.3. The number of pyridine rings is 1. The summed E-state index contributed by atoms with van der Waals surface area (Å²) in [6, 6.07) is 0.718. The van der Waals surface area contributed by atoms with Crippen molar-refractivity contribution in [2.75, 3.05) is 26.2 Å². The van der Waals surface area contributed by atoms with E-state index in [1.807, 2.05) is 16.9 Å². The molecule has 2 aromatic heterocycles. The van der Waals surface area contributed by atoms with Crippen LogP contribution in [0.4, 0.5) is 13.2 Å². The Morgan fingerprint density at radius 3 is 2.31 bits per heavy atom. The molecular formula is C30H36F3N7O2. The van der Waals surface area contributed by atoms with Crippen molar-refractivity contribution in [3.63, 3.8) is 0 Å².